The molecule has 1 amide bonds. The second-order valence-electron chi connectivity index (χ2n) is 3.40. The van der Waals surface area contributed by atoms with Crippen molar-refractivity contribution in [3.8, 4) is 0 Å². The Morgan fingerprint density at radius 1 is 1.60 bits per heavy atom. The highest BCUT2D eigenvalue weighted by Gasteiger charge is 2.18. The summed E-state index contributed by atoms with van der Waals surface area (Å²) in [4.78, 5) is 14.8. The SMILES string of the molecule is NC(=O)[C@@H](N)C(S)CCc1cccnc1. The van der Waals surface area contributed by atoms with Gasteiger partial charge in [-0.25, -0.2) is 0 Å². The minimum Gasteiger partial charge on any atom is -0.368 e. The van der Waals surface area contributed by atoms with Gasteiger partial charge in [-0.15, -0.1) is 0 Å². The van der Waals surface area contributed by atoms with Gasteiger partial charge in [0, 0.05) is 17.6 Å². The number of thiol groups is 1. The van der Waals surface area contributed by atoms with Crippen LogP contribution in [0.4, 0.5) is 0 Å². The van der Waals surface area contributed by atoms with Crippen LogP contribution in [0.5, 0.6) is 0 Å². The Morgan fingerprint density at radius 3 is 2.87 bits per heavy atom. The number of aryl methyl sites for hydroxylation is 1. The number of carbonyl (C=O) groups excluding carboxylic acids is 1. The van der Waals surface area contributed by atoms with Crippen molar-refractivity contribution in [2.75, 3.05) is 0 Å². The number of amides is 1. The highest BCUT2D eigenvalue weighted by Crippen LogP contribution is 2.10. The molecule has 15 heavy (non-hydrogen) atoms. The summed E-state index contributed by atoms with van der Waals surface area (Å²) >= 11 is 4.25. The molecule has 1 heterocycles. The summed E-state index contributed by atoms with van der Waals surface area (Å²) in [5.74, 6) is -0.513. The zero-order valence-corrected chi connectivity index (χ0v) is 9.23. The number of pyridine rings is 1. The lowest BCUT2D eigenvalue weighted by molar-refractivity contribution is -0.119. The van der Waals surface area contributed by atoms with Crippen molar-refractivity contribution >= 4 is 18.5 Å². The fourth-order valence-electron chi connectivity index (χ4n) is 1.23. The Bertz CT molecular complexity index is 318. The molecule has 0 radical (unpaired) electrons. The Morgan fingerprint density at radius 2 is 2.33 bits per heavy atom. The predicted octanol–water partition coefficient (Wildman–Crippen LogP) is 0.125. The molecule has 2 atom stereocenters. The summed E-state index contributed by atoms with van der Waals surface area (Å²) in [5.41, 5.74) is 11.7. The Labute approximate surface area is 94.5 Å². The van der Waals surface area contributed by atoms with Crippen LogP contribution in [0.1, 0.15) is 12.0 Å². The number of rotatable bonds is 5. The number of nitrogens with zero attached hydrogens (tertiary/aromatic N) is 1. The van der Waals surface area contributed by atoms with E-state index in [4.69, 9.17) is 11.5 Å². The van der Waals surface area contributed by atoms with Crippen LogP contribution in [0.2, 0.25) is 0 Å². The molecule has 0 saturated carbocycles. The third-order valence-corrected chi connectivity index (χ3v) is 2.77. The Kier molecular flexibility index (Phi) is 4.58. The molecule has 0 fully saturated rings. The summed E-state index contributed by atoms with van der Waals surface area (Å²) < 4.78 is 0. The van der Waals surface area contributed by atoms with Crippen LogP contribution in [-0.2, 0) is 11.2 Å². The summed E-state index contributed by atoms with van der Waals surface area (Å²) in [6.07, 6.45) is 5.01. The number of carbonyl (C=O) groups is 1. The van der Waals surface area contributed by atoms with E-state index in [0.717, 1.165) is 12.0 Å². The third-order valence-electron chi connectivity index (χ3n) is 2.19. The molecular formula is C10H15N3OS. The van der Waals surface area contributed by atoms with E-state index in [1.54, 1.807) is 12.4 Å². The number of hydrogen-bond donors (Lipinski definition) is 3. The monoisotopic (exact) mass is 225 g/mol. The molecule has 1 rings (SSSR count). The van der Waals surface area contributed by atoms with Gasteiger partial charge in [-0.05, 0) is 24.5 Å². The molecule has 4 N–H and O–H groups in total. The van der Waals surface area contributed by atoms with Crippen molar-refractivity contribution in [3.63, 3.8) is 0 Å². The van der Waals surface area contributed by atoms with Crippen molar-refractivity contribution in [1.82, 2.24) is 4.98 Å². The van der Waals surface area contributed by atoms with Crippen molar-refractivity contribution in [3.05, 3.63) is 30.1 Å². The van der Waals surface area contributed by atoms with Crippen molar-refractivity contribution < 1.29 is 4.79 Å². The average molecular weight is 225 g/mol. The van der Waals surface area contributed by atoms with Gasteiger partial charge in [0.05, 0.1) is 6.04 Å². The van der Waals surface area contributed by atoms with Gasteiger partial charge in [0.25, 0.3) is 0 Å². The van der Waals surface area contributed by atoms with Crippen LogP contribution in [-0.4, -0.2) is 22.2 Å². The maximum Gasteiger partial charge on any atom is 0.235 e. The topological polar surface area (TPSA) is 82.0 Å². The van der Waals surface area contributed by atoms with E-state index in [1.165, 1.54) is 0 Å². The van der Waals surface area contributed by atoms with Gasteiger partial charge in [-0.1, -0.05) is 6.07 Å². The number of primary amides is 1. The average Bonchev–Trinajstić information content (AvgIpc) is 2.26. The molecule has 5 heteroatoms. The van der Waals surface area contributed by atoms with Crippen molar-refractivity contribution in [2.24, 2.45) is 11.5 Å². The standard InChI is InChI=1S/C10H15N3OS/c11-9(10(12)14)8(15)4-3-7-2-1-5-13-6-7/h1-2,5-6,8-9,15H,3-4,11H2,(H2,12,14)/t8?,9-/m0/s1. The van der Waals surface area contributed by atoms with E-state index in [1.807, 2.05) is 12.1 Å². The van der Waals surface area contributed by atoms with Gasteiger partial charge in [-0.3, -0.25) is 9.78 Å². The van der Waals surface area contributed by atoms with Crippen LogP contribution in [0.3, 0.4) is 0 Å². The normalized spacial score (nSPS) is 14.5. The Hall–Kier alpha value is -1.07. The maximum absolute atomic E-state index is 10.8. The lowest BCUT2D eigenvalue weighted by atomic mass is 10.1. The molecule has 82 valence electrons. The van der Waals surface area contributed by atoms with E-state index < -0.39 is 11.9 Å². The molecule has 1 unspecified atom stereocenters. The molecule has 1 aromatic rings. The summed E-state index contributed by atoms with van der Waals surface area (Å²) in [6.45, 7) is 0. The largest absolute Gasteiger partial charge is 0.368 e. The van der Waals surface area contributed by atoms with Crippen LogP contribution in [0.25, 0.3) is 0 Å². The molecule has 0 bridgehead atoms. The zero-order chi connectivity index (χ0) is 11.3. The van der Waals surface area contributed by atoms with E-state index in [9.17, 15) is 4.79 Å². The molecule has 4 nitrogen and oxygen atoms in total. The molecule has 0 aliphatic carbocycles. The van der Waals surface area contributed by atoms with Gasteiger partial charge in [0.1, 0.15) is 0 Å². The number of hydrogen-bond acceptors (Lipinski definition) is 4. The van der Waals surface area contributed by atoms with Crippen LogP contribution >= 0.6 is 12.6 Å². The summed E-state index contributed by atoms with van der Waals surface area (Å²) in [7, 11) is 0. The molecule has 0 aromatic carbocycles. The van der Waals surface area contributed by atoms with E-state index in [0.29, 0.717) is 6.42 Å². The molecule has 0 saturated heterocycles. The van der Waals surface area contributed by atoms with E-state index >= 15 is 0 Å². The fraction of sp³-hybridized carbons (Fsp3) is 0.400. The Balaban J connectivity index is 2.41. The van der Waals surface area contributed by atoms with Gasteiger partial charge >= 0.3 is 0 Å². The van der Waals surface area contributed by atoms with E-state index in [2.05, 4.69) is 17.6 Å². The highest BCUT2D eigenvalue weighted by molar-refractivity contribution is 7.81. The summed E-state index contributed by atoms with van der Waals surface area (Å²) in [6, 6.07) is 3.16. The highest BCUT2D eigenvalue weighted by atomic mass is 32.1. The number of nitrogens with two attached hydrogens (primary N) is 2. The van der Waals surface area contributed by atoms with Crippen LogP contribution in [0, 0.1) is 0 Å². The predicted molar refractivity (Wildman–Crippen MR) is 62.5 cm³/mol. The zero-order valence-electron chi connectivity index (χ0n) is 8.34. The second kappa shape index (κ2) is 5.72. The van der Waals surface area contributed by atoms with E-state index in [-0.39, 0.29) is 5.25 Å². The smallest absolute Gasteiger partial charge is 0.235 e. The molecule has 0 aliphatic rings. The minimum absolute atomic E-state index is 0.206. The van der Waals surface area contributed by atoms with Gasteiger partial charge in [0.15, 0.2) is 0 Å². The first-order valence-corrected chi connectivity index (χ1v) is 5.24. The molecule has 0 aliphatic heterocycles. The molecule has 1 aromatic heterocycles. The quantitative estimate of drug-likeness (QED) is 0.623. The number of aromatic nitrogens is 1. The van der Waals surface area contributed by atoms with Crippen LogP contribution < -0.4 is 11.5 Å². The van der Waals surface area contributed by atoms with Gasteiger partial charge in [0.2, 0.25) is 5.91 Å². The maximum atomic E-state index is 10.8. The van der Waals surface area contributed by atoms with Gasteiger partial charge in [-0.2, -0.15) is 12.6 Å². The first kappa shape index (κ1) is 12.0. The minimum atomic E-state index is -0.690. The lowest BCUT2D eigenvalue weighted by Crippen LogP contribution is -2.43. The third kappa shape index (κ3) is 3.89. The molecule has 0 spiro atoms. The van der Waals surface area contributed by atoms with Crippen molar-refractivity contribution in [1.29, 1.82) is 0 Å². The first-order chi connectivity index (χ1) is 7.11. The lowest BCUT2D eigenvalue weighted by Gasteiger charge is -2.15. The molecular weight excluding hydrogens is 210 g/mol. The summed E-state index contributed by atoms with van der Waals surface area (Å²) in [5, 5.41) is -0.206. The van der Waals surface area contributed by atoms with Crippen molar-refractivity contribution in [2.45, 2.75) is 24.1 Å². The fourth-order valence-corrected chi connectivity index (χ4v) is 1.51. The van der Waals surface area contributed by atoms with Gasteiger partial charge < -0.3 is 11.5 Å². The second-order valence-corrected chi connectivity index (χ2v) is 4.06. The van der Waals surface area contributed by atoms with Crippen LogP contribution in [0.15, 0.2) is 24.5 Å². The first-order valence-electron chi connectivity index (χ1n) is 4.73.